The lowest BCUT2D eigenvalue weighted by Crippen LogP contribution is -2.45. The molecule has 2 rings (SSSR count). The van der Waals surface area contributed by atoms with Gasteiger partial charge in [-0.3, -0.25) is 0 Å². The highest BCUT2D eigenvalue weighted by atomic mass is 35.5. The Labute approximate surface area is 99.4 Å². The van der Waals surface area contributed by atoms with Crippen LogP contribution in [0.4, 0.5) is 10.2 Å². The molecule has 1 aliphatic rings. The van der Waals surface area contributed by atoms with Crippen LogP contribution in [0, 0.1) is 5.82 Å². The molecule has 2 heterocycles. The minimum Gasteiger partial charge on any atom is -0.350 e. The summed E-state index contributed by atoms with van der Waals surface area (Å²) >= 11 is 5.68. The molecule has 1 saturated heterocycles. The predicted molar refractivity (Wildman–Crippen MR) is 63.2 cm³/mol. The molecule has 0 amide bonds. The maximum absolute atomic E-state index is 13.7. The van der Waals surface area contributed by atoms with Gasteiger partial charge in [-0.25, -0.2) is 9.37 Å². The second-order valence-electron chi connectivity index (χ2n) is 4.04. The average molecular weight is 244 g/mol. The van der Waals surface area contributed by atoms with Gasteiger partial charge >= 0.3 is 0 Å². The first kappa shape index (κ1) is 11.6. The van der Waals surface area contributed by atoms with Gasteiger partial charge in [0, 0.05) is 25.3 Å². The molecule has 1 atom stereocenters. The van der Waals surface area contributed by atoms with E-state index < -0.39 is 0 Å². The molecular formula is C11H15ClFN3. The van der Waals surface area contributed by atoms with Gasteiger partial charge in [0.1, 0.15) is 0 Å². The second kappa shape index (κ2) is 4.97. The quantitative estimate of drug-likeness (QED) is 0.866. The van der Waals surface area contributed by atoms with E-state index in [1.54, 1.807) is 0 Å². The van der Waals surface area contributed by atoms with Gasteiger partial charge in [0.15, 0.2) is 11.6 Å². The van der Waals surface area contributed by atoms with Gasteiger partial charge in [-0.05, 0) is 25.3 Å². The smallest absolute Gasteiger partial charge is 0.167 e. The normalized spacial score (nSPS) is 21.2. The fourth-order valence-corrected chi connectivity index (χ4v) is 2.29. The molecule has 1 aromatic rings. The van der Waals surface area contributed by atoms with Crippen LogP contribution in [0.3, 0.4) is 0 Å². The molecule has 0 radical (unpaired) electrons. The van der Waals surface area contributed by atoms with E-state index in [1.165, 1.54) is 12.3 Å². The molecule has 2 N–H and O–H groups in total. The summed E-state index contributed by atoms with van der Waals surface area (Å²) in [5.74, 6) is 0.00685. The molecule has 3 nitrogen and oxygen atoms in total. The monoisotopic (exact) mass is 243 g/mol. The molecule has 0 saturated carbocycles. The maximum atomic E-state index is 13.7. The molecule has 0 aliphatic carbocycles. The Morgan fingerprint density at radius 2 is 2.38 bits per heavy atom. The Morgan fingerprint density at radius 3 is 3.06 bits per heavy atom. The predicted octanol–water partition coefficient (Wildman–Crippen LogP) is 2.19. The SMILES string of the molecule is NCC1CCCCN1c1ncc(Cl)cc1F. The highest BCUT2D eigenvalue weighted by molar-refractivity contribution is 6.30. The van der Waals surface area contributed by atoms with Gasteiger partial charge in [0.2, 0.25) is 0 Å². The van der Waals surface area contributed by atoms with Crippen molar-refractivity contribution < 1.29 is 4.39 Å². The maximum Gasteiger partial charge on any atom is 0.167 e. The Kier molecular flexibility index (Phi) is 3.61. The van der Waals surface area contributed by atoms with Crippen molar-refractivity contribution >= 4 is 17.4 Å². The van der Waals surface area contributed by atoms with Gasteiger partial charge in [-0.1, -0.05) is 11.6 Å². The zero-order chi connectivity index (χ0) is 11.5. The van der Waals surface area contributed by atoms with Crippen molar-refractivity contribution in [2.75, 3.05) is 18.0 Å². The van der Waals surface area contributed by atoms with Crippen molar-refractivity contribution in [2.24, 2.45) is 5.73 Å². The largest absolute Gasteiger partial charge is 0.350 e. The fourth-order valence-electron chi connectivity index (χ4n) is 2.14. The molecular weight excluding hydrogens is 229 g/mol. The molecule has 1 unspecified atom stereocenters. The van der Waals surface area contributed by atoms with E-state index in [0.717, 1.165) is 25.8 Å². The summed E-state index contributed by atoms with van der Waals surface area (Å²) in [6.07, 6.45) is 4.68. The van der Waals surface area contributed by atoms with Crippen molar-refractivity contribution in [3.8, 4) is 0 Å². The third-order valence-electron chi connectivity index (χ3n) is 2.96. The van der Waals surface area contributed by atoms with Gasteiger partial charge in [-0.2, -0.15) is 0 Å². The van der Waals surface area contributed by atoms with E-state index in [4.69, 9.17) is 17.3 Å². The number of anilines is 1. The number of pyridine rings is 1. The van der Waals surface area contributed by atoms with Crippen LogP contribution in [-0.2, 0) is 0 Å². The number of nitrogens with two attached hydrogens (primary N) is 1. The standard InChI is InChI=1S/C11H15ClFN3/c12-8-5-10(13)11(15-7-8)16-4-2-1-3-9(16)6-14/h5,7,9H,1-4,6,14H2. The number of hydrogen-bond donors (Lipinski definition) is 1. The number of piperidine rings is 1. The van der Waals surface area contributed by atoms with Gasteiger partial charge in [0.25, 0.3) is 0 Å². The van der Waals surface area contributed by atoms with Crippen LogP contribution in [-0.4, -0.2) is 24.1 Å². The summed E-state index contributed by atoms with van der Waals surface area (Å²) in [5, 5.41) is 0.322. The number of nitrogens with zero attached hydrogens (tertiary/aromatic N) is 2. The van der Waals surface area contributed by atoms with Crippen molar-refractivity contribution in [1.29, 1.82) is 0 Å². The summed E-state index contributed by atoms with van der Waals surface area (Å²) in [7, 11) is 0. The molecule has 1 aromatic heterocycles. The van der Waals surface area contributed by atoms with Gasteiger partial charge < -0.3 is 10.6 Å². The first-order chi connectivity index (χ1) is 7.72. The first-order valence-corrected chi connectivity index (χ1v) is 5.88. The third-order valence-corrected chi connectivity index (χ3v) is 3.17. The van der Waals surface area contributed by atoms with E-state index in [1.807, 2.05) is 4.90 Å². The molecule has 16 heavy (non-hydrogen) atoms. The van der Waals surface area contributed by atoms with Gasteiger partial charge in [0.05, 0.1) is 5.02 Å². The number of halogens is 2. The van der Waals surface area contributed by atoms with Crippen LogP contribution in [0.25, 0.3) is 0 Å². The van der Waals surface area contributed by atoms with Crippen molar-refractivity contribution in [3.63, 3.8) is 0 Å². The fraction of sp³-hybridized carbons (Fsp3) is 0.545. The highest BCUT2D eigenvalue weighted by Gasteiger charge is 2.24. The molecule has 88 valence electrons. The second-order valence-corrected chi connectivity index (χ2v) is 4.47. The number of hydrogen-bond acceptors (Lipinski definition) is 3. The zero-order valence-corrected chi connectivity index (χ0v) is 9.75. The Hall–Kier alpha value is -0.870. The van der Waals surface area contributed by atoms with Crippen LogP contribution in [0.15, 0.2) is 12.3 Å². The van der Waals surface area contributed by atoms with E-state index in [2.05, 4.69) is 4.98 Å². The molecule has 1 aliphatic heterocycles. The van der Waals surface area contributed by atoms with Crippen molar-refractivity contribution in [1.82, 2.24) is 4.98 Å². The number of aromatic nitrogens is 1. The zero-order valence-electron chi connectivity index (χ0n) is 9.00. The summed E-state index contributed by atoms with van der Waals surface area (Å²) < 4.78 is 13.7. The Bertz CT molecular complexity index is 372. The van der Waals surface area contributed by atoms with E-state index in [9.17, 15) is 4.39 Å². The summed E-state index contributed by atoms with van der Waals surface area (Å²) in [5.41, 5.74) is 5.69. The molecule has 0 spiro atoms. The lowest BCUT2D eigenvalue weighted by Gasteiger charge is -2.36. The van der Waals surface area contributed by atoms with Gasteiger partial charge in [-0.15, -0.1) is 0 Å². The van der Waals surface area contributed by atoms with E-state index in [-0.39, 0.29) is 11.9 Å². The molecule has 5 heteroatoms. The van der Waals surface area contributed by atoms with Crippen LogP contribution in [0.1, 0.15) is 19.3 Å². The lowest BCUT2D eigenvalue weighted by atomic mass is 10.0. The van der Waals surface area contributed by atoms with Crippen molar-refractivity contribution in [3.05, 3.63) is 23.1 Å². The Balaban J connectivity index is 2.27. The van der Waals surface area contributed by atoms with Crippen LogP contribution in [0.2, 0.25) is 5.02 Å². The minimum atomic E-state index is -0.368. The summed E-state index contributed by atoms with van der Waals surface area (Å²) in [6, 6.07) is 1.49. The van der Waals surface area contributed by atoms with Crippen LogP contribution < -0.4 is 10.6 Å². The summed E-state index contributed by atoms with van der Waals surface area (Å²) in [4.78, 5) is 6.02. The average Bonchev–Trinajstić information content (AvgIpc) is 2.29. The minimum absolute atomic E-state index is 0.192. The van der Waals surface area contributed by atoms with Crippen LogP contribution in [0.5, 0.6) is 0 Å². The Morgan fingerprint density at radius 1 is 1.56 bits per heavy atom. The topological polar surface area (TPSA) is 42.1 Å². The lowest BCUT2D eigenvalue weighted by molar-refractivity contribution is 0.453. The molecule has 1 fully saturated rings. The molecule has 0 bridgehead atoms. The van der Waals surface area contributed by atoms with Crippen molar-refractivity contribution in [2.45, 2.75) is 25.3 Å². The molecule has 0 aromatic carbocycles. The summed E-state index contributed by atoms with van der Waals surface area (Å²) in [6.45, 7) is 1.34. The third kappa shape index (κ3) is 2.28. The van der Waals surface area contributed by atoms with Crippen LogP contribution >= 0.6 is 11.6 Å². The first-order valence-electron chi connectivity index (χ1n) is 5.50. The van der Waals surface area contributed by atoms with E-state index >= 15 is 0 Å². The number of rotatable bonds is 2. The van der Waals surface area contributed by atoms with E-state index in [0.29, 0.717) is 17.4 Å². The highest BCUT2D eigenvalue weighted by Crippen LogP contribution is 2.26.